The van der Waals surface area contributed by atoms with Crippen LogP contribution < -0.4 is 5.32 Å². The Morgan fingerprint density at radius 1 is 0.391 bits per heavy atom. The average Bonchev–Trinajstić information content (AvgIpc) is 3.05. The van der Waals surface area contributed by atoms with Crippen LogP contribution in [-0.2, 0) is 66.4 Å². The van der Waals surface area contributed by atoms with Crippen molar-refractivity contribution in [3.05, 3.63) is 12.2 Å². The van der Waals surface area contributed by atoms with E-state index >= 15 is 0 Å². The van der Waals surface area contributed by atoms with Gasteiger partial charge >= 0.3 is 5.97 Å². The van der Waals surface area contributed by atoms with Crippen LogP contribution in [0.15, 0.2) is 12.2 Å². The van der Waals surface area contributed by atoms with Crippen molar-refractivity contribution >= 4 is 5.97 Å². The van der Waals surface area contributed by atoms with Crippen molar-refractivity contribution in [1.82, 2.24) is 5.32 Å². The Morgan fingerprint density at radius 2 is 0.587 bits per heavy atom. The van der Waals surface area contributed by atoms with Crippen molar-refractivity contribution in [2.45, 2.75) is 6.92 Å². The number of likely N-dealkylation sites (N-methyl/N-ethyl adjacent to an activating group) is 1. The molecule has 1 N–H and O–H groups in total. The van der Waals surface area contributed by atoms with Gasteiger partial charge in [0.1, 0.15) is 6.61 Å². The lowest BCUT2D eigenvalue weighted by Crippen LogP contribution is -2.17. The number of esters is 1. The zero-order valence-electron chi connectivity index (χ0n) is 28.3. The first-order valence-electron chi connectivity index (χ1n) is 16.1. The van der Waals surface area contributed by atoms with E-state index in [1.165, 1.54) is 0 Å². The van der Waals surface area contributed by atoms with E-state index in [4.69, 9.17) is 61.6 Å². The summed E-state index contributed by atoms with van der Waals surface area (Å²) in [7, 11) is 1.89. The van der Waals surface area contributed by atoms with Gasteiger partial charge < -0.3 is 66.9 Å². The quantitative estimate of drug-likeness (QED) is 0.0548. The second kappa shape index (κ2) is 39.9. The molecule has 0 saturated carbocycles. The third-order valence-corrected chi connectivity index (χ3v) is 5.40. The first-order chi connectivity index (χ1) is 22.7. The lowest BCUT2D eigenvalue weighted by molar-refractivity contribution is -0.140. The van der Waals surface area contributed by atoms with Crippen LogP contribution in [0.1, 0.15) is 6.92 Å². The molecule has 274 valence electrons. The summed E-state index contributed by atoms with van der Waals surface area (Å²) < 4.78 is 70.0. The summed E-state index contributed by atoms with van der Waals surface area (Å²) in [5.74, 6) is -0.413. The monoisotopic (exact) mass is 671 g/mol. The van der Waals surface area contributed by atoms with Crippen LogP contribution in [0.4, 0.5) is 0 Å². The molecule has 46 heavy (non-hydrogen) atoms. The SMILES string of the molecule is C=C(C)C(=O)OCCOCCOCCOCCOCCOCCOCCOCCOCCOCCOCCOCCOCCNC. The molecule has 0 atom stereocenters. The Labute approximate surface area is 275 Å². The maximum Gasteiger partial charge on any atom is 0.333 e. The minimum Gasteiger partial charge on any atom is -0.460 e. The highest BCUT2D eigenvalue weighted by Crippen LogP contribution is 1.92. The molecule has 0 amide bonds. The number of rotatable bonds is 40. The van der Waals surface area contributed by atoms with Crippen molar-refractivity contribution < 1.29 is 66.4 Å². The number of ether oxygens (including phenoxy) is 13. The summed E-state index contributed by atoms with van der Waals surface area (Å²) in [5.41, 5.74) is 0.369. The Bertz CT molecular complexity index is 632. The molecule has 15 nitrogen and oxygen atoms in total. The van der Waals surface area contributed by atoms with E-state index in [2.05, 4.69) is 11.9 Å². The lowest BCUT2D eigenvalue weighted by Gasteiger charge is -2.09. The van der Waals surface area contributed by atoms with Crippen LogP contribution in [0.3, 0.4) is 0 Å². The van der Waals surface area contributed by atoms with Crippen molar-refractivity contribution in [2.75, 3.05) is 179 Å². The Hall–Kier alpha value is -1.31. The molecule has 0 aromatic rings. The molecule has 0 radical (unpaired) electrons. The van der Waals surface area contributed by atoms with Crippen molar-refractivity contribution in [1.29, 1.82) is 0 Å². The summed E-state index contributed by atoms with van der Waals surface area (Å²) in [6.45, 7) is 18.2. The van der Waals surface area contributed by atoms with Gasteiger partial charge in [-0.25, -0.2) is 4.79 Å². The first-order valence-corrected chi connectivity index (χ1v) is 16.1. The number of hydrogen-bond acceptors (Lipinski definition) is 15. The van der Waals surface area contributed by atoms with E-state index in [1.807, 2.05) is 7.05 Å². The van der Waals surface area contributed by atoms with E-state index in [0.717, 1.165) is 6.54 Å². The summed E-state index contributed by atoms with van der Waals surface area (Å²) >= 11 is 0. The largest absolute Gasteiger partial charge is 0.460 e. The Kier molecular flexibility index (Phi) is 38.7. The highest BCUT2D eigenvalue weighted by Gasteiger charge is 2.02. The Morgan fingerprint density at radius 3 is 0.783 bits per heavy atom. The molecule has 0 bridgehead atoms. The second-order valence-corrected chi connectivity index (χ2v) is 9.37. The molecule has 0 aliphatic carbocycles. The van der Waals surface area contributed by atoms with Gasteiger partial charge in [-0.05, 0) is 14.0 Å². The van der Waals surface area contributed by atoms with Gasteiger partial charge in [-0.1, -0.05) is 6.58 Å². The van der Waals surface area contributed by atoms with E-state index in [9.17, 15) is 4.79 Å². The number of hydrogen-bond donors (Lipinski definition) is 1. The maximum absolute atomic E-state index is 11.2. The molecule has 0 saturated heterocycles. The fourth-order valence-corrected chi connectivity index (χ4v) is 3.01. The maximum atomic E-state index is 11.2. The van der Waals surface area contributed by atoms with Crippen LogP contribution in [0, 0.1) is 0 Å². The minimum absolute atomic E-state index is 0.199. The predicted molar refractivity (Wildman–Crippen MR) is 170 cm³/mol. The molecule has 0 aromatic carbocycles. The molecule has 0 spiro atoms. The average molecular weight is 672 g/mol. The molecule has 0 rings (SSSR count). The number of carbonyl (C=O) groups excluding carboxylic acids is 1. The fourth-order valence-electron chi connectivity index (χ4n) is 3.01. The Balaban J connectivity index is 3.06. The summed E-state index contributed by atoms with van der Waals surface area (Å²) in [6.07, 6.45) is 0. The summed E-state index contributed by atoms with van der Waals surface area (Å²) in [6, 6.07) is 0. The van der Waals surface area contributed by atoms with E-state index in [0.29, 0.717) is 164 Å². The van der Waals surface area contributed by atoms with Gasteiger partial charge in [0.05, 0.1) is 159 Å². The molecule has 0 heterocycles. The molecular formula is C31H61NO14. The van der Waals surface area contributed by atoms with Crippen LogP contribution in [0.2, 0.25) is 0 Å². The number of carbonyl (C=O) groups is 1. The molecule has 0 aliphatic rings. The van der Waals surface area contributed by atoms with Crippen LogP contribution in [-0.4, -0.2) is 185 Å². The van der Waals surface area contributed by atoms with E-state index < -0.39 is 5.97 Å². The third kappa shape index (κ3) is 38.9. The highest BCUT2D eigenvalue weighted by molar-refractivity contribution is 5.86. The highest BCUT2D eigenvalue weighted by atomic mass is 16.6. The zero-order valence-corrected chi connectivity index (χ0v) is 28.3. The molecule has 15 heteroatoms. The van der Waals surface area contributed by atoms with Crippen molar-refractivity contribution in [3.63, 3.8) is 0 Å². The standard InChI is InChI=1S/C31H61NO14/c1-30(2)31(33)46-29-28-45-27-26-44-25-24-43-23-22-42-21-20-41-19-18-40-17-16-39-15-14-38-13-12-37-11-10-36-9-8-35-7-6-34-5-4-32-3/h32H,1,4-29H2,2-3H3. The third-order valence-electron chi connectivity index (χ3n) is 5.40. The number of nitrogens with one attached hydrogen (secondary N) is 1. The van der Waals surface area contributed by atoms with E-state index in [-0.39, 0.29) is 6.61 Å². The summed E-state index contributed by atoms with van der Waals surface area (Å²) in [5, 5.41) is 3.02. The van der Waals surface area contributed by atoms with Gasteiger partial charge in [0, 0.05) is 12.1 Å². The molecular weight excluding hydrogens is 610 g/mol. The van der Waals surface area contributed by atoms with E-state index in [1.54, 1.807) is 6.92 Å². The molecule has 0 aromatic heterocycles. The second-order valence-electron chi connectivity index (χ2n) is 9.37. The van der Waals surface area contributed by atoms with Crippen LogP contribution in [0.25, 0.3) is 0 Å². The molecule has 0 unspecified atom stereocenters. The van der Waals surface area contributed by atoms with Gasteiger partial charge in [-0.3, -0.25) is 0 Å². The lowest BCUT2D eigenvalue weighted by atomic mass is 10.4. The van der Waals surface area contributed by atoms with Crippen molar-refractivity contribution in [3.8, 4) is 0 Å². The predicted octanol–water partition coefficient (Wildman–Crippen LogP) is 0.524. The smallest absolute Gasteiger partial charge is 0.333 e. The fraction of sp³-hybridized carbons (Fsp3) is 0.903. The van der Waals surface area contributed by atoms with Gasteiger partial charge in [0.25, 0.3) is 0 Å². The van der Waals surface area contributed by atoms with Crippen LogP contribution >= 0.6 is 0 Å². The normalized spacial score (nSPS) is 11.3. The molecule has 0 fully saturated rings. The zero-order chi connectivity index (χ0) is 33.4. The van der Waals surface area contributed by atoms with Crippen LogP contribution in [0.5, 0.6) is 0 Å². The van der Waals surface area contributed by atoms with Gasteiger partial charge in [0.2, 0.25) is 0 Å². The topological polar surface area (TPSA) is 149 Å². The minimum atomic E-state index is -0.413. The van der Waals surface area contributed by atoms with Gasteiger partial charge in [-0.15, -0.1) is 0 Å². The van der Waals surface area contributed by atoms with Gasteiger partial charge in [-0.2, -0.15) is 0 Å². The molecule has 0 aliphatic heterocycles. The first kappa shape index (κ1) is 44.7. The van der Waals surface area contributed by atoms with Gasteiger partial charge in [0.15, 0.2) is 0 Å². The summed E-state index contributed by atoms with van der Waals surface area (Å²) in [4.78, 5) is 11.2. The van der Waals surface area contributed by atoms with Crippen molar-refractivity contribution in [2.24, 2.45) is 0 Å².